The number of sulfone groups is 1. The maximum atomic E-state index is 11.6. The van der Waals surface area contributed by atoms with E-state index in [4.69, 9.17) is 4.74 Å². The summed E-state index contributed by atoms with van der Waals surface area (Å²) in [6.45, 7) is 6.16. The summed E-state index contributed by atoms with van der Waals surface area (Å²) in [4.78, 5) is 0.350. The second-order valence-electron chi connectivity index (χ2n) is 4.53. The van der Waals surface area contributed by atoms with Crippen LogP contribution in [0, 0.1) is 0 Å². The van der Waals surface area contributed by atoms with Crippen LogP contribution in [0.5, 0.6) is 0 Å². The first-order valence-electron chi connectivity index (χ1n) is 6.60. The van der Waals surface area contributed by atoms with Crippen LogP contribution in [0.2, 0.25) is 0 Å². The van der Waals surface area contributed by atoms with Crippen molar-refractivity contribution in [1.29, 1.82) is 0 Å². The third kappa shape index (κ3) is 5.30. The third-order valence-electron chi connectivity index (χ3n) is 2.77. The van der Waals surface area contributed by atoms with Crippen LogP contribution in [-0.2, 0) is 14.6 Å². The highest BCUT2D eigenvalue weighted by Crippen LogP contribution is 2.18. The van der Waals surface area contributed by atoms with Gasteiger partial charge in [-0.3, -0.25) is 0 Å². The van der Waals surface area contributed by atoms with Crippen LogP contribution >= 0.6 is 0 Å². The number of benzene rings is 1. The van der Waals surface area contributed by atoms with Gasteiger partial charge in [0.1, 0.15) is 0 Å². The molecule has 4 nitrogen and oxygen atoms in total. The topological polar surface area (TPSA) is 55.4 Å². The van der Waals surface area contributed by atoms with Crippen molar-refractivity contribution >= 4 is 9.84 Å². The molecular formula is C14H23NO3S. The molecule has 0 amide bonds. The Hall–Kier alpha value is -0.910. The Bertz CT molecular complexity index is 485. The first kappa shape index (κ1) is 16.1. The van der Waals surface area contributed by atoms with Crippen molar-refractivity contribution in [3.8, 4) is 0 Å². The van der Waals surface area contributed by atoms with Gasteiger partial charge < -0.3 is 10.1 Å². The zero-order chi connectivity index (χ0) is 14.3. The average Bonchev–Trinajstić information content (AvgIpc) is 2.37. The van der Waals surface area contributed by atoms with Gasteiger partial charge >= 0.3 is 0 Å². The summed E-state index contributed by atoms with van der Waals surface area (Å²) in [6.07, 6.45) is 2.20. The fraction of sp³-hybridized carbons (Fsp3) is 0.571. The molecule has 0 spiro atoms. The summed E-state index contributed by atoms with van der Waals surface area (Å²) < 4.78 is 28.7. The van der Waals surface area contributed by atoms with E-state index in [0.717, 1.165) is 18.5 Å². The minimum Gasteiger partial charge on any atom is -0.379 e. The van der Waals surface area contributed by atoms with Gasteiger partial charge in [0.15, 0.2) is 9.84 Å². The number of hydrogen-bond acceptors (Lipinski definition) is 4. The van der Waals surface area contributed by atoms with Gasteiger partial charge in [0, 0.05) is 12.9 Å². The molecule has 108 valence electrons. The summed E-state index contributed by atoms with van der Waals surface area (Å²) in [6, 6.07) is 7.07. The van der Waals surface area contributed by atoms with Crippen molar-refractivity contribution in [3.05, 3.63) is 29.8 Å². The van der Waals surface area contributed by atoms with Gasteiger partial charge in [0.05, 0.1) is 17.5 Å². The first-order valence-corrected chi connectivity index (χ1v) is 8.49. The number of ether oxygens (including phenoxy) is 1. The predicted molar refractivity (Wildman–Crippen MR) is 77.1 cm³/mol. The van der Waals surface area contributed by atoms with E-state index < -0.39 is 9.84 Å². The van der Waals surface area contributed by atoms with E-state index in [2.05, 4.69) is 12.2 Å². The molecule has 19 heavy (non-hydrogen) atoms. The lowest BCUT2D eigenvalue weighted by atomic mass is 10.1. The number of nitrogens with one attached hydrogen (secondary N) is 1. The van der Waals surface area contributed by atoms with Crippen LogP contribution in [0.3, 0.4) is 0 Å². The highest BCUT2D eigenvalue weighted by Gasteiger charge is 2.14. The summed E-state index contributed by atoms with van der Waals surface area (Å²) in [5.74, 6) is 0. The maximum Gasteiger partial charge on any atom is 0.175 e. The second kappa shape index (κ2) is 7.62. The van der Waals surface area contributed by atoms with E-state index in [1.807, 2.05) is 13.0 Å². The van der Waals surface area contributed by atoms with E-state index in [1.165, 1.54) is 6.26 Å². The minimum absolute atomic E-state index is 0.0262. The molecule has 0 aliphatic carbocycles. The third-order valence-corrected chi connectivity index (χ3v) is 3.88. The molecule has 1 aromatic rings. The van der Waals surface area contributed by atoms with Gasteiger partial charge in [-0.2, -0.15) is 0 Å². The van der Waals surface area contributed by atoms with Crippen LogP contribution < -0.4 is 5.32 Å². The van der Waals surface area contributed by atoms with Gasteiger partial charge in [-0.1, -0.05) is 26.0 Å². The van der Waals surface area contributed by atoms with Gasteiger partial charge in [-0.15, -0.1) is 0 Å². The molecule has 0 fully saturated rings. The molecule has 0 radical (unpaired) electrons. The van der Waals surface area contributed by atoms with Gasteiger partial charge in [-0.05, 0) is 30.7 Å². The zero-order valence-electron chi connectivity index (χ0n) is 11.8. The Kier molecular flexibility index (Phi) is 6.48. The normalized spacial score (nSPS) is 13.4. The van der Waals surface area contributed by atoms with E-state index in [0.29, 0.717) is 18.1 Å². The van der Waals surface area contributed by atoms with Crippen LogP contribution in [0.15, 0.2) is 29.2 Å². The van der Waals surface area contributed by atoms with E-state index in [1.54, 1.807) is 18.2 Å². The molecule has 0 heterocycles. The summed E-state index contributed by atoms with van der Waals surface area (Å²) >= 11 is 0. The Morgan fingerprint density at radius 1 is 1.32 bits per heavy atom. The predicted octanol–water partition coefficient (Wildman–Crippen LogP) is 2.17. The van der Waals surface area contributed by atoms with Gasteiger partial charge in [0.2, 0.25) is 0 Å². The quantitative estimate of drug-likeness (QED) is 0.744. The molecule has 1 aromatic carbocycles. The van der Waals surface area contributed by atoms with E-state index in [9.17, 15) is 8.42 Å². The van der Waals surface area contributed by atoms with Crippen molar-refractivity contribution in [2.75, 3.05) is 26.0 Å². The van der Waals surface area contributed by atoms with Gasteiger partial charge in [-0.25, -0.2) is 8.42 Å². The molecular weight excluding hydrogens is 262 g/mol. The van der Waals surface area contributed by atoms with E-state index in [-0.39, 0.29) is 6.04 Å². The standard InChI is InChI=1S/C14H23NO3S/c1-4-9-18-11-14(15-5-2)12-7-6-8-13(10-12)19(3,16)17/h6-8,10,14-15H,4-5,9,11H2,1-3H3. The van der Waals surface area contributed by atoms with Crippen molar-refractivity contribution in [1.82, 2.24) is 5.32 Å². The molecule has 0 saturated carbocycles. The highest BCUT2D eigenvalue weighted by atomic mass is 32.2. The maximum absolute atomic E-state index is 11.6. The molecule has 0 bridgehead atoms. The summed E-state index contributed by atoms with van der Waals surface area (Å²) in [5, 5.41) is 3.32. The lowest BCUT2D eigenvalue weighted by Gasteiger charge is -2.19. The Morgan fingerprint density at radius 3 is 2.63 bits per heavy atom. The van der Waals surface area contributed by atoms with Crippen LogP contribution in [0.25, 0.3) is 0 Å². The molecule has 1 unspecified atom stereocenters. The fourth-order valence-electron chi connectivity index (χ4n) is 1.83. The van der Waals surface area contributed by atoms with Crippen molar-refractivity contribution < 1.29 is 13.2 Å². The van der Waals surface area contributed by atoms with E-state index >= 15 is 0 Å². The minimum atomic E-state index is -3.17. The van der Waals surface area contributed by atoms with Crippen LogP contribution in [-0.4, -0.2) is 34.4 Å². The number of hydrogen-bond donors (Lipinski definition) is 1. The van der Waals surface area contributed by atoms with Crippen molar-refractivity contribution in [2.45, 2.75) is 31.2 Å². The molecule has 1 N–H and O–H groups in total. The fourth-order valence-corrected chi connectivity index (χ4v) is 2.50. The molecule has 0 aromatic heterocycles. The summed E-state index contributed by atoms with van der Waals surface area (Å²) in [5.41, 5.74) is 0.945. The van der Waals surface area contributed by atoms with Gasteiger partial charge in [0.25, 0.3) is 0 Å². The smallest absolute Gasteiger partial charge is 0.175 e. The number of rotatable bonds is 8. The molecule has 0 saturated heterocycles. The first-order chi connectivity index (χ1) is 8.99. The number of likely N-dealkylation sites (N-methyl/N-ethyl adjacent to an activating group) is 1. The Morgan fingerprint density at radius 2 is 2.05 bits per heavy atom. The molecule has 0 aliphatic rings. The Labute approximate surface area is 116 Å². The Balaban J connectivity index is 2.89. The zero-order valence-corrected chi connectivity index (χ0v) is 12.7. The molecule has 1 atom stereocenters. The van der Waals surface area contributed by atoms with Crippen molar-refractivity contribution in [2.24, 2.45) is 0 Å². The average molecular weight is 285 g/mol. The molecule has 1 rings (SSSR count). The van der Waals surface area contributed by atoms with Crippen LogP contribution in [0.1, 0.15) is 31.9 Å². The molecule has 0 aliphatic heterocycles. The van der Waals surface area contributed by atoms with Crippen LogP contribution in [0.4, 0.5) is 0 Å². The largest absolute Gasteiger partial charge is 0.379 e. The van der Waals surface area contributed by atoms with Crippen molar-refractivity contribution in [3.63, 3.8) is 0 Å². The monoisotopic (exact) mass is 285 g/mol. The lowest BCUT2D eigenvalue weighted by Crippen LogP contribution is -2.25. The highest BCUT2D eigenvalue weighted by molar-refractivity contribution is 7.90. The lowest BCUT2D eigenvalue weighted by molar-refractivity contribution is 0.112. The summed E-state index contributed by atoms with van der Waals surface area (Å²) in [7, 11) is -3.17. The SMILES string of the molecule is CCCOCC(NCC)c1cccc(S(C)(=O)=O)c1. The second-order valence-corrected chi connectivity index (χ2v) is 6.55. The molecule has 5 heteroatoms.